The molecule has 1 aliphatic heterocycles. The number of carbonyl (C=O) groups is 2. The molecule has 1 atom stereocenters. The number of hydrogen-bond acceptors (Lipinski definition) is 4. The first-order valence-corrected chi connectivity index (χ1v) is 2.57. The quantitative estimate of drug-likeness (QED) is 0.381. The highest BCUT2D eigenvalue weighted by Gasteiger charge is 2.28. The molecule has 0 N–H and O–H groups in total. The van der Waals surface area contributed by atoms with Crippen molar-refractivity contribution in [2.75, 3.05) is 6.61 Å². The summed E-state index contributed by atoms with van der Waals surface area (Å²) in [5.41, 5.74) is 0. The fourth-order valence-electron chi connectivity index (χ4n) is 0.602. The highest BCUT2D eigenvalue weighted by molar-refractivity contribution is 5.75. The fourth-order valence-corrected chi connectivity index (χ4v) is 0.602. The van der Waals surface area contributed by atoms with Gasteiger partial charge in [0.05, 0.1) is 6.42 Å². The SMILES string of the molecule is O=COCC1CC(=O)O1. The van der Waals surface area contributed by atoms with Crippen LogP contribution < -0.4 is 0 Å². The van der Waals surface area contributed by atoms with Crippen molar-refractivity contribution in [1.82, 2.24) is 0 Å². The summed E-state index contributed by atoms with van der Waals surface area (Å²) in [7, 11) is 0. The van der Waals surface area contributed by atoms with Crippen molar-refractivity contribution in [1.29, 1.82) is 0 Å². The molecule has 4 heteroatoms. The minimum absolute atomic E-state index is 0.190. The molecule has 0 aliphatic carbocycles. The monoisotopic (exact) mass is 130 g/mol. The van der Waals surface area contributed by atoms with Gasteiger partial charge in [0, 0.05) is 0 Å². The Hall–Kier alpha value is -1.06. The van der Waals surface area contributed by atoms with Gasteiger partial charge in [-0.3, -0.25) is 9.59 Å². The molecule has 0 spiro atoms. The molecule has 4 nitrogen and oxygen atoms in total. The summed E-state index contributed by atoms with van der Waals surface area (Å²) >= 11 is 0. The van der Waals surface area contributed by atoms with Crippen LogP contribution in [0, 0.1) is 0 Å². The predicted octanol–water partition coefficient (Wildman–Crippen LogP) is -0.525. The number of rotatable bonds is 3. The zero-order valence-corrected chi connectivity index (χ0v) is 4.70. The van der Waals surface area contributed by atoms with Gasteiger partial charge in [-0.05, 0) is 0 Å². The van der Waals surface area contributed by atoms with E-state index in [1.54, 1.807) is 0 Å². The Morgan fingerprint density at radius 2 is 2.56 bits per heavy atom. The van der Waals surface area contributed by atoms with E-state index in [0.717, 1.165) is 0 Å². The van der Waals surface area contributed by atoms with Crippen LogP contribution in [0.4, 0.5) is 0 Å². The van der Waals surface area contributed by atoms with Crippen molar-refractivity contribution in [2.24, 2.45) is 0 Å². The molecule has 0 bridgehead atoms. The van der Waals surface area contributed by atoms with Crippen LogP contribution >= 0.6 is 0 Å². The number of carbonyl (C=O) groups excluding carboxylic acids is 2. The van der Waals surface area contributed by atoms with Gasteiger partial charge in [0.25, 0.3) is 6.47 Å². The Labute approximate surface area is 51.7 Å². The molecule has 0 radical (unpaired) electrons. The summed E-state index contributed by atoms with van der Waals surface area (Å²) in [5.74, 6) is -0.227. The zero-order chi connectivity index (χ0) is 6.69. The molecule has 0 amide bonds. The van der Waals surface area contributed by atoms with Gasteiger partial charge in [-0.25, -0.2) is 0 Å². The van der Waals surface area contributed by atoms with E-state index in [9.17, 15) is 9.59 Å². The van der Waals surface area contributed by atoms with Gasteiger partial charge in [0.2, 0.25) is 0 Å². The lowest BCUT2D eigenvalue weighted by Crippen LogP contribution is -2.36. The second kappa shape index (κ2) is 2.48. The average molecular weight is 130 g/mol. The third kappa shape index (κ3) is 1.42. The molecule has 1 unspecified atom stereocenters. The largest absolute Gasteiger partial charge is 0.464 e. The Bertz CT molecular complexity index is 123. The molecule has 1 heterocycles. The van der Waals surface area contributed by atoms with Gasteiger partial charge in [-0.2, -0.15) is 0 Å². The molecule has 1 aliphatic rings. The van der Waals surface area contributed by atoms with E-state index >= 15 is 0 Å². The van der Waals surface area contributed by atoms with Crippen LogP contribution in [0.1, 0.15) is 6.42 Å². The summed E-state index contributed by atoms with van der Waals surface area (Å²) in [5, 5.41) is 0. The first kappa shape index (κ1) is 6.07. The summed E-state index contributed by atoms with van der Waals surface area (Å²) in [6.07, 6.45) is 0.177. The smallest absolute Gasteiger partial charge is 0.310 e. The normalized spacial score (nSPS) is 24.0. The van der Waals surface area contributed by atoms with Crippen LogP contribution in [-0.2, 0) is 19.1 Å². The highest BCUT2D eigenvalue weighted by atomic mass is 16.6. The fraction of sp³-hybridized carbons (Fsp3) is 0.600. The average Bonchev–Trinajstić information content (AvgIpc) is 1.78. The summed E-state index contributed by atoms with van der Waals surface area (Å²) in [6.45, 7) is 0.529. The van der Waals surface area contributed by atoms with Gasteiger partial charge in [-0.15, -0.1) is 0 Å². The predicted molar refractivity (Wildman–Crippen MR) is 26.5 cm³/mol. The Morgan fingerprint density at radius 3 is 3.00 bits per heavy atom. The highest BCUT2D eigenvalue weighted by Crippen LogP contribution is 2.12. The molecule has 0 aromatic rings. The van der Waals surface area contributed by atoms with E-state index in [2.05, 4.69) is 9.47 Å². The van der Waals surface area contributed by atoms with Gasteiger partial charge >= 0.3 is 5.97 Å². The maximum Gasteiger partial charge on any atom is 0.310 e. The van der Waals surface area contributed by atoms with Gasteiger partial charge in [0.15, 0.2) is 0 Å². The third-order valence-electron chi connectivity index (χ3n) is 1.04. The van der Waals surface area contributed by atoms with Crippen LogP contribution in [0.3, 0.4) is 0 Å². The van der Waals surface area contributed by atoms with E-state index < -0.39 is 0 Å². The van der Waals surface area contributed by atoms with Crippen molar-refractivity contribution < 1.29 is 19.1 Å². The zero-order valence-electron chi connectivity index (χ0n) is 4.70. The Morgan fingerprint density at radius 1 is 1.89 bits per heavy atom. The van der Waals surface area contributed by atoms with Gasteiger partial charge in [-0.1, -0.05) is 0 Å². The van der Waals surface area contributed by atoms with Crippen LogP contribution in [0.2, 0.25) is 0 Å². The molecular formula is C5H6O4. The number of hydrogen-bond donors (Lipinski definition) is 0. The maximum absolute atomic E-state index is 10.1. The van der Waals surface area contributed by atoms with Crippen molar-refractivity contribution in [3.05, 3.63) is 0 Å². The first-order valence-electron chi connectivity index (χ1n) is 2.57. The number of esters is 1. The van der Waals surface area contributed by atoms with Crippen molar-refractivity contribution in [3.63, 3.8) is 0 Å². The summed E-state index contributed by atoms with van der Waals surface area (Å²) in [4.78, 5) is 19.7. The van der Waals surface area contributed by atoms with E-state index in [4.69, 9.17) is 0 Å². The van der Waals surface area contributed by atoms with E-state index in [1.165, 1.54) is 0 Å². The molecule has 0 saturated carbocycles. The maximum atomic E-state index is 10.1. The first-order chi connectivity index (χ1) is 4.33. The lowest BCUT2D eigenvalue weighted by atomic mass is 10.2. The molecule has 1 rings (SSSR count). The molecule has 9 heavy (non-hydrogen) atoms. The van der Waals surface area contributed by atoms with E-state index in [1.807, 2.05) is 0 Å². The summed E-state index contributed by atoms with van der Waals surface area (Å²) < 4.78 is 8.85. The van der Waals surface area contributed by atoms with Crippen LogP contribution in [0.5, 0.6) is 0 Å². The Balaban J connectivity index is 2.03. The molecular weight excluding hydrogens is 124 g/mol. The minimum atomic E-state index is -0.227. The van der Waals surface area contributed by atoms with Crippen molar-refractivity contribution in [3.8, 4) is 0 Å². The van der Waals surface area contributed by atoms with Crippen LogP contribution in [-0.4, -0.2) is 25.2 Å². The second-order valence-corrected chi connectivity index (χ2v) is 1.75. The molecule has 1 saturated heterocycles. The summed E-state index contributed by atoms with van der Waals surface area (Å²) in [6, 6.07) is 0. The van der Waals surface area contributed by atoms with Gasteiger partial charge in [0.1, 0.15) is 12.7 Å². The van der Waals surface area contributed by atoms with Crippen molar-refractivity contribution >= 4 is 12.4 Å². The molecule has 0 aromatic carbocycles. The Kier molecular flexibility index (Phi) is 1.67. The number of ether oxygens (including phenoxy) is 2. The lowest BCUT2D eigenvalue weighted by molar-refractivity contribution is -0.175. The standard InChI is InChI=1S/C5H6O4/c6-3-8-2-4-1-5(7)9-4/h3-4H,1-2H2. The van der Waals surface area contributed by atoms with Crippen LogP contribution in [0.25, 0.3) is 0 Å². The number of cyclic esters (lactones) is 1. The van der Waals surface area contributed by atoms with Gasteiger partial charge < -0.3 is 9.47 Å². The topological polar surface area (TPSA) is 52.6 Å². The van der Waals surface area contributed by atoms with E-state index in [0.29, 0.717) is 12.9 Å². The minimum Gasteiger partial charge on any atom is -0.464 e. The molecule has 50 valence electrons. The lowest BCUT2D eigenvalue weighted by Gasteiger charge is -2.23. The van der Waals surface area contributed by atoms with Crippen molar-refractivity contribution in [2.45, 2.75) is 12.5 Å². The molecule has 0 aromatic heterocycles. The molecule has 1 fully saturated rings. The van der Waals surface area contributed by atoms with E-state index in [-0.39, 0.29) is 18.7 Å². The second-order valence-electron chi connectivity index (χ2n) is 1.75. The van der Waals surface area contributed by atoms with Crippen LogP contribution in [0.15, 0.2) is 0 Å². The third-order valence-corrected chi connectivity index (χ3v) is 1.04.